The number of carbonyl (C=O) groups is 1. The zero-order chi connectivity index (χ0) is 18.9. The van der Waals surface area contributed by atoms with Gasteiger partial charge in [-0.3, -0.25) is 9.36 Å². The van der Waals surface area contributed by atoms with Crippen molar-refractivity contribution in [3.8, 4) is 5.69 Å². The van der Waals surface area contributed by atoms with Gasteiger partial charge < -0.3 is 5.32 Å². The highest BCUT2D eigenvalue weighted by Crippen LogP contribution is 2.46. The summed E-state index contributed by atoms with van der Waals surface area (Å²) in [7, 11) is 0. The summed E-state index contributed by atoms with van der Waals surface area (Å²) in [5.74, 6) is 1.75. The molecule has 2 fully saturated rings. The lowest BCUT2D eigenvalue weighted by Gasteiger charge is -2.40. The number of thioether (sulfide) groups is 1. The van der Waals surface area contributed by atoms with Crippen molar-refractivity contribution >= 4 is 17.7 Å². The van der Waals surface area contributed by atoms with Crippen molar-refractivity contribution in [3.05, 3.63) is 36.2 Å². The van der Waals surface area contributed by atoms with E-state index in [1.54, 1.807) is 11.8 Å². The van der Waals surface area contributed by atoms with Gasteiger partial charge in [-0.2, -0.15) is 0 Å². The SMILES string of the molecule is CCC(=O)NC1CCCCC1(C)Sc1nnc(C2CC2)n1-c1ccccc1. The Bertz CT molecular complexity index is 802. The minimum absolute atomic E-state index is 0.0660. The van der Waals surface area contributed by atoms with Crippen molar-refractivity contribution < 1.29 is 4.79 Å². The van der Waals surface area contributed by atoms with Crippen LogP contribution in [0.15, 0.2) is 35.5 Å². The lowest BCUT2D eigenvalue weighted by atomic mass is 9.85. The van der Waals surface area contributed by atoms with Crippen molar-refractivity contribution in [1.82, 2.24) is 20.1 Å². The number of para-hydroxylation sites is 1. The number of hydrogen-bond acceptors (Lipinski definition) is 4. The average Bonchev–Trinajstić information content (AvgIpc) is 3.45. The van der Waals surface area contributed by atoms with Gasteiger partial charge in [0.25, 0.3) is 0 Å². The first-order valence-electron chi connectivity index (χ1n) is 10.1. The molecule has 0 radical (unpaired) electrons. The molecule has 1 aromatic heterocycles. The lowest BCUT2D eigenvalue weighted by Crippen LogP contribution is -2.50. The zero-order valence-corrected chi connectivity index (χ0v) is 17.0. The highest BCUT2D eigenvalue weighted by molar-refractivity contribution is 8.00. The third-order valence-corrected chi connectivity index (χ3v) is 7.15. The maximum absolute atomic E-state index is 12.1. The number of nitrogens with one attached hydrogen (secondary N) is 1. The Kier molecular flexibility index (Phi) is 5.26. The fraction of sp³-hybridized carbons (Fsp3) is 0.571. The second kappa shape index (κ2) is 7.66. The Balaban J connectivity index is 1.66. The summed E-state index contributed by atoms with van der Waals surface area (Å²) in [5, 5.41) is 13.4. The fourth-order valence-corrected chi connectivity index (χ4v) is 5.28. The van der Waals surface area contributed by atoms with Crippen LogP contribution in [0.5, 0.6) is 0 Å². The monoisotopic (exact) mass is 384 g/mol. The van der Waals surface area contributed by atoms with Crippen molar-refractivity contribution in [2.45, 2.75) is 80.7 Å². The summed E-state index contributed by atoms with van der Waals surface area (Å²) >= 11 is 1.79. The molecule has 27 heavy (non-hydrogen) atoms. The maximum atomic E-state index is 12.1. The highest BCUT2D eigenvalue weighted by Gasteiger charge is 2.41. The van der Waals surface area contributed by atoms with Crippen LogP contribution in [-0.2, 0) is 4.79 Å². The van der Waals surface area contributed by atoms with E-state index in [0.29, 0.717) is 12.3 Å². The Labute approximate surface area is 165 Å². The van der Waals surface area contributed by atoms with Crippen LogP contribution in [-0.4, -0.2) is 31.5 Å². The summed E-state index contributed by atoms with van der Waals surface area (Å²) in [5.41, 5.74) is 1.13. The molecule has 1 heterocycles. The smallest absolute Gasteiger partial charge is 0.219 e. The molecular formula is C21H28N4OS. The summed E-state index contributed by atoms with van der Waals surface area (Å²) in [6.07, 6.45) is 7.39. The summed E-state index contributed by atoms with van der Waals surface area (Å²) in [6, 6.07) is 10.6. The van der Waals surface area contributed by atoms with Crippen LogP contribution >= 0.6 is 11.8 Å². The number of hydrogen-bond donors (Lipinski definition) is 1. The molecule has 5 nitrogen and oxygen atoms in total. The van der Waals surface area contributed by atoms with Crippen molar-refractivity contribution in [2.24, 2.45) is 0 Å². The third kappa shape index (κ3) is 3.91. The molecule has 1 amide bonds. The van der Waals surface area contributed by atoms with E-state index in [1.165, 1.54) is 25.7 Å². The Morgan fingerprint density at radius 2 is 2.00 bits per heavy atom. The van der Waals surface area contributed by atoms with E-state index >= 15 is 0 Å². The molecule has 2 aliphatic carbocycles. The van der Waals surface area contributed by atoms with Crippen LogP contribution in [0.1, 0.15) is 70.5 Å². The molecule has 1 N–H and O–H groups in total. The minimum atomic E-state index is -0.0660. The predicted octanol–water partition coefficient (Wildman–Crippen LogP) is 4.46. The molecule has 2 unspecified atom stereocenters. The average molecular weight is 385 g/mol. The highest BCUT2D eigenvalue weighted by atomic mass is 32.2. The molecule has 0 aliphatic heterocycles. The largest absolute Gasteiger partial charge is 0.352 e. The van der Waals surface area contributed by atoms with E-state index < -0.39 is 0 Å². The summed E-state index contributed by atoms with van der Waals surface area (Å²) in [6.45, 7) is 4.19. The molecule has 1 aromatic carbocycles. The van der Waals surface area contributed by atoms with Gasteiger partial charge in [0.1, 0.15) is 5.82 Å². The van der Waals surface area contributed by atoms with Crippen LogP contribution < -0.4 is 5.32 Å². The van der Waals surface area contributed by atoms with Crippen LogP contribution in [0.2, 0.25) is 0 Å². The van der Waals surface area contributed by atoms with Crippen molar-refractivity contribution in [2.75, 3.05) is 0 Å². The maximum Gasteiger partial charge on any atom is 0.219 e. The first-order chi connectivity index (χ1) is 13.1. The summed E-state index contributed by atoms with van der Waals surface area (Å²) in [4.78, 5) is 12.1. The molecule has 2 saturated carbocycles. The van der Waals surface area contributed by atoms with Gasteiger partial charge in [-0.05, 0) is 44.7 Å². The van der Waals surface area contributed by atoms with Gasteiger partial charge in [0.2, 0.25) is 5.91 Å². The second-order valence-corrected chi connectivity index (χ2v) is 9.42. The molecule has 0 saturated heterocycles. The van der Waals surface area contributed by atoms with Crippen LogP contribution in [0.25, 0.3) is 5.69 Å². The molecule has 144 valence electrons. The molecule has 2 aromatic rings. The zero-order valence-electron chi connectivity index (χ0n) is 16.1. The quantitative estimate of drug-likeness (QED) is 0.798. The Hall–Kier alpha value is -1.82. The Morgan fingerprint density at radius 1 is 1.22 bits per heavy atom. The van der Waals surface area contributed by atoms with Gasteiger partial charge in [-0.25, -0.2) is 0 Å². The van der Waals surface area contributed by atoms with Gasteiger partial charge >= 0.3 is 0 Å². The third-order valence-electron chi connectivity index (χ3n) is 5.75. The minimum Gasteiger partial charge on any atom is -0.352 e. The van der Waals surface area contributed by atoms with Crippen LogP contribution in [0.3, 0.4) is 0 Å². The molecular weight excluding hydrogens is 356 g/mol. The van der Waals surface area contributed by atoms with Crippen LogP contribution in [0.4, 0.5) is 0 Å². The first kappa shape index (κ1) is 18.5. The van der Waals surface area contributed by atoms with Gasteiger partial charge in [-0.1, -0.05) is 49.7 Å². The predicted molar refractivity (Wildman–Crippen MR) is 108 cm³/mol. The number of nitrogens with zero attached hydrogens (tertiary/aromatic N) is 3. The van der Waals surface area contributed by atoms with E-state index in [9.17, 15) is 4.79 Å². The number of aromatic nitrogens is 3. The lowest BCUT2D eigenvalue weighted by molar-refractivity contribution is -0.121. The number of carbonyl (C=O) groups excluding carboxylic acids is 1. The van der Waals surface area contributed by atoms with Gasteiger partial charge in [0, 0.05) is 28.8 Å². The first-order valence-corrected chi connectivity index (χ1v) is 10.9. The fourth-order valence-electron chi connectivity index (χ4n) is 3.93. The van der Waals surface area contributed by atoms with E-state index in [0.717, 1.165) is 29.5 Å². The molecule has 4 rings (SSSR count). The molecule has 0 bridgehead atoms. The topological polar surface area (TPSA) is 59.8 Å². The van der Waals surface area contributed by atoms with E-state index in [1.807, 2.05) is 13.0 Å². The molecule has 2 atom stereocenters. The number of rotatable bonds is 6. The van der Waals surface area contributed by atoms with Crippen molar-refractivity contribution in [1.29, 1.82) is 0 Å². The van der Waals surface area contributed by atoms with Gasteiger partial charge in [0.05, 0.1) is 0 Å². The second-order valence-electron chi connectivity index (χ2n) is 7.92. The van der Waals surface area contributed by atoms with Crippen LogP contribution in [0, 0.1) is 0 Å². The van der Waals surface area contributed by atoms with E-state index in [-0.39, 0.29) is 16.7 Å². The van der Waals surface area contributed by atoms with Gasteiger partial charge in [0.15, 0.2) is 5.16 Å². The van der Waals surface area contributed by atoms with Crippen molar-refractivity contribution in [3.63, 3.8) is 0 Å². The van der Waals surface area contributed by atoms with E-state index in [4.69, 9.17) is 0 Å². The number of benzene rings is 1. The standard InChI is InChI=1S/C21H28N4OS/c1-3-18(26)22-17-11-7-8-14-21(17,2)27-20-24-23-19(15-12-13-15)25(20)16-9-5-4-6-10-16/h4-6,9-10,15,17H,3,7-8,11-14H2,1-2H3,(H,22,26). The summed E-state index contributed by atoms with van der Waals surface area (Å²) < 4.78 is 2.17. The molecule has 0 spiro atoms. The number of amides is 1. The van der Waals surface area contributed by atoms with E-state index in [2.05, 4.69) is 51.3 Å². The molecule has 6 heteroatoms. The van der Waals surface area contributed by atoms with Gasteiger partial charge in [-0.15, -0.1) is 10.2 Å². The Morgan fingerprint density at radius 3 is 2.70 bits per heavy atom. The molecule has 2 aliphatic rings. The normalized spacial score (nSPS) is 25.3.